The number of nitrogens with one attached hydrogen (secondary N) is 2. The van der Waals surface area contributed by atoms with Crippen LogP contribution in [0.3, 0.4) is 0 Å². The number of rotatable bonds is 4. The SMILES string of the molecule is O=C1NC2(CC3C=CCCC3)C(=O)OC2C1NCCl. The Labute approximate surface area is 116 Å². The van der Waals surface area contributed by atoms with Crippen molar-refractivity contribution in [2.75, 3.05) is 6.00 Å². The van der Waals surface area contributed by atoms with E-state index in [1.54, 1.807) is 0 Å². The van der Waals surface area contributed by atoms with Gasteiger partial charge in [0.1, 0.15) is 6.04 Å². The summed E-state index contributed by atoms with van der Waals surface area (Å²) in [5.74, 6) is -0.181. The quantitative estimate of drug-likeness (QED) is 0.345. The van der Waals surface area contributed by atoms with Gasteiger partial charge in [0, 0.05) is 0 Å². The van der Waals surface area contributed by atoms with Gasteiger partial charge in [-0.15, -0.1) is 11.6 Å². The van der Waals surface area contributed by atoms with Gasteiger partial charge < -0.3 is 10.1 Å². The molecule has 1 aliphatic carbocycles. The van der Waals surface area contributed by atoms with Crippen molar-refractivity contribution in [2.24, 2.45) is 5.92 Å². The van der Waals surface area contributed by atoms with E-state index >= 15 is 0 Å². The molecule has 0 saturated carbocycles. The third kappa shape index (κ3) is 1.96. The second-order valence-corrected chi connectivity index (χ2v) is 5.69. The number of carbonyl (C=O) groups is 2. The maximum atomic E-state index is 11.9. The zero-order valence-corrected chi connectivity index (χ0v) is 11.3. The smallest absolute Gasteiger partial charge is 0.336 e. The highest BCUT2D eigenvalue weighted by Crippen LogP contribution is 2.41. The molecule has 2 heterocycles. The molecule has 3 aliphatic rings. The highest BCUT2D eigenvalue weighted by molar-refractivity contribution is 6.17. The molecule has 2 aliphatic heterocycles. The van der Waals surface area contributed by atoms with Crippen molar-refractivity contribution >= 4 is 23.5 Å². The Balaban J connectivity index is 1.77. The van der Waals surface area contributed by atoms with Crippen LogP contribution < -0.4 is 10.6 Å². The molecule has 104 valence electrons. The minimum absolute atomic E-state index is 0.158. The van der Waals surface area contributed by atoms with Gasteiger partial charge in [0.2, 0.25) is 5.91 Å². The van der Waals surface area contributed by atoms with Gasteiger partial charge in [0.25, 0.3) is 0 Å². The molecule has 2 saturated heterocycles. The van der Waals surface area contributed by atoms with Gasteiger partial charge in [-0.2, -0.15) is 0 Å². The standard InChI is InChI=1S/C13H17ClN2O3/c14-7-15-9-10-13(12(18)19-10,16-11(9)17)6-8-4-2-1-3-5-8/h2,4,8-10,15H,1,3,5-7H2,(H,16,17). The summed E-state index contributed by atoms with van der Waals surface area (Å²) in [5, 5.41) is 5.70. The maximum Gasteiger partial charge on any atom is 0.336 e. The first-order chi connectivity index (χ1) is 9.17. The van der Waals surface area contributed by atoms with Crippen molar-refractivity contribution in [1.29, 1.82) is 0 Å². The fraction of sp³-hybridized carbons (Fsp3) is 0.692. The number of carbonyl (C=O) groups excluding carboxylic acids is 2. The molecule has 6 heteroatoms. The Hall–Kier alpha value is -1.07. The van der Waals surface area contributed by atoms with Crippen LogP contribution in [0.15, 0.2) is 12.2 Å². The summed E-state index contributed by atoms with van der Waals surface area (Å²) in [6, 6.07) is -0.367. The van der Waals surface area contributed by atoms with E-state index < -0.39 is 17.7 Å². The molecular formula is C13H17ClN2O3. The van der Waals surface area contributed by atoms with E-state index in [1.807, 2.05) is 0 Å². The van der Waals surface area contributed by atoms with Crippen molar-refractivity contribution in [3.8, 4) is 0 Å². The van der Waals surface area contributed by atoms with Crippen LogP contribution in [0.2, 0.25) is 0 Å². The van der Waals surface area contributed by atoms with Gasteiger partial charge in [-0.25, -0.2) is 4.79 Å². The molecule has 0 radical (unpaired) electrons. The lowest BCUT2D eigenvalue weighted by Gasteiger charge is -2.44. The van der Waals surface area contributed by atoms with Gasteiger partial charge in [-0.3, -0.25) is 10.1 Å². The Morgan fingerprint density at radius 3 is 3.00 bits per heavy atom. The molecule has 4 atom stereocenters. The Bertz CT molecular complexity index is 440. The summed E-state index contributed by atoms with van der Waals surface area (Å²) in [6.45, 7) is 0. The molecular weight excluding hydrogens is 268 g/mol. The summed E-state index contributed by atoms with van der Waals surface area (Å²) in [5.41, 5.74) is -0.840. The van der Waals surface area contributed by atoms with Crippen molar-refractivity contribution in [3.63, 3.8) is 0 Å². The minimum atomic E-state index is -0.840. The number of amides is 1. The van der Waals surface area contributed by atoms with E-state index in [-0.39, 0.29) is 17.9 Å². The molecule has 0 aromatic heterocycles. The fourth-order valence-corrected chi connectivity index (χ4v) is 3.46. The second kappa shape index (κ2) is 4.80. The van der Waals surface area contributed by atoms with Gasteiger partial charge >= 0.3 is 5.97 Å². The normalized spacial score (nSPS) is 40.4. The lowest BCUT2D eigenvalue weighted by molar-refractivity contribution is -0.191. The van der Waals surface area contributed by atoms with Gasteiger partial charge in [0.15, 0.2) is 11.6 Å². The first-order valence-electron chi connectivity index (χ1n) is 6.66. The van der Waals surface area contributed by atoms with E-state index in [1.165, 1.54) is 0 Å². The third-order valence-electron chi connectivity index (χ3n) is 4.25. The number of ether oxygens (including phenoxy) is 1. The summed E-state index contributed by atoms with van der Waals surface area (Å²) < 4.78 is 5.18. The van der Waals surface area contributed by atoms with Crippen LogP contribution in [0.1, 0.15) is 25.7 Å². The third-order valence-corrected chi connectivity index (χ3v) is 4.40. The van der Waals surface area contributed by atoms with Crippen molar-refractivity contribution < 1.29 is 14.3 Å². The number of halogens is 1. The summed E-state index contributed by atoms with van der Waals surface area (Å²) in [7, 11) is 0. The van der Waals surface area contributed by atoms with Gasteiger partial charge in [-0.1, -0.05) is 12.2 Å². The summed E-state index contributed by atoms with van der Waals surface area (Å²) >= 11 is 5.61. The first kappa shape index (κ1) is 12.9. The molecule has 4 unspecified atom stereocenters. The molecule has 2 fully saturated rings. The van der Waals surface area contributed by atoms with Crippen LogP contribution >= 0.6 is 11.6 Å². The molecule has 1 amide bonds. The molecule has 0 aromatic rings. The predicted octanol–water partition coefficient (Wildman–Crippen LogP) is 0.681. The van der Waals surface area contributed by atoms with Crippen molar-refractivity contribution in [2.45, 2.75) is 43.4 Å². The molecule has 5 nitrogen and oxygen atoms in total. The fourth-order valence-electron chi connectivity index (χ4n) is 3.29. The number of hydrogen-bond acceptors (Lipinski definition) is 4. The highest BCUT2D eigenvalue weighted by Gasteiger charge is 2.68. The Morgan fingerprint density at radius 1 is 1.53 bits per heavy atom. The Morgan fingerprint density at radius 2 is 2.37 bits per heavy atom. The minimum Gasteiger partial charge on any atom is -0.455 e. The molecule has 19 heavy (non-hydrogen) atoms. The molecule has 3 rings (SSSR count). The number of esters is 1. The zero-order chi connectivity index (χ0) is 13.5. The number of alkyl halides is 1. The summed E-state index contributed by atoms with van der Waals surface area (Å²) in [4.78, 5) is 23.8. The lowest BCUT2D eigenvalue weighted by Crippen LogP contribution is -2.69. The van der Waals surface area contributed by atoms with Crippen LogP contribution in [-0.4, -0.2) is 35.6 Å². The molecule has 0 spiro atoms. The predicted molar refractivity (Wildman–Crippen MR) is 69.5 cm³/mol. The van der Waals surface area contributed by atoms with Crippen molar-refractivity contribution in [3.05, 3.63) is 12.2 Å². The Kier molecular flexibility index (Phi) is 3.27. The van der Waals surface area contributed by atoms with Crippen LogP contribution in [0.25, 0.3) is 0 Å². The van der Waals surface area contributed by atoms with E-state index in [4.69, 9.17) is 16.3 Å². The topological polar surface area (TPSA) is 67.4 Å². The number of hydrogen-bond donors (Lipinski definition) is 2. The van der Waals surface area contributed by atoms with Crippen LogP contribution in [0.4, 0.5) is 0 Å². The highest BCUT2D eigenvalue weighted by atomic mass is 35.5. The number of fused-ring (bicyclic) bond motifs is 1. The lowest BCUT2D eigenvalue weighted by atomic mass is 9.76. The molecule has 0 bridgehead atoms. The van der Waals surface area contributed by atoms with Crippen LogP contribution in [0, 0.1) is 5.92 Å². The van der Waals surface area contributed by atoms with Crippen LogP contribution in [-0.2, 0) is 14.3 Å². The average Bonchev–Trinajstić information content (AvgIpc) is 2.62. The van der Waals surface area contributed by atoms with Crippen LogP contribution in [0.5, 0.6) is 0 Å². The zero-order valence-electron chi connectivity index (χ0n) is 10.5. The summed E-state index contributed by atoms with van der Waals surface area (Å²) in [6.07, 6.45) is 7.78. The maximum absolute atomic E-state index is 11.9. The first-order valence-corrected chi connectivity index (χ1v) is 7.20. The molecule has 0 aromatic carbocycles. The van der Waals surface area contributed by atoms with E-state index in [2.05, 4.69) is 22.8 Å². The average molecular weight is 285 g/mol. The van der Waals surface area contributed by atoms with E-state index in [0.29, 0.717) is 12.3 Å². The van der Waals surface area contributed by atoms with Gasteiger partial charge in [0.05, 0.1) is 6.00 Å². The van der Waals surface area contributed by atoms with Gasteiger partial charge in [-0.05, 0) is 31.6 Å². The monoisotopic (exact) mass is 284 g/mol. The van der Waals surface area contributed by atoms with E-state index in [9.17, 15) is 9.59 Å². The largest absolute Gasteiger partial charge is 0.455 e. The second-order valence-electron chi connectivity index (χ2n) is 5.43. The molecule has 2 N–H and O–H groups in total. The number of allylic oxidation sites excluding steroid dienone is 2. The van der Waals surface area contributed by atoms with E-state index in [0.717, 1.165) is 19.3 Å². The van der Waals surface area contributed by atoms with Crippen molar-refractivity contribution in [1.82, 2.24) is 10.6 Å².